The molecular weight excluding hydrogens is 309 g/mol. The Morgan fingerprint density at radius 2 is 1.43 bits per heavy atom. The van der Waals surface area contributed by atoms with E-state index < -0.39 is 0 Å². The van der Waals surface area contributed by atoms with Gasteiger partial charge in [0.05, 0.1) is 0 Å². The fourth-order valence-corrected chi connectivity index (χ4v) is 2.30. The van der Waals surface area contributed by atoms with Gasteiger partial charge in [-0.05, 0) is 43.1 Å². The molecule has 1 nitrogen and oxygen atoms in total. The highest BCUT2D eigenvalue weighted by molar-refractivity contribution is 5.85. The van der Waals surface area contributed by atoms with Gasteiger partial charge in [0, 0.05) is 5.92 Å². The van der Waals surface area contributed by atoms with Crippen LogP contribution in [0.15, 0.2) is 48.5 Å². The van der Waals surface area contributed by atoms with Crippen molar-refractivity contribution >= 4 is 12.4 Å². The molecule has 0 fully saturated rings. The van der Waals surface area contributed by atoms with Crippen LogP contribution in [0, 0.1) is 12.7 Å². The van der Waals surface area contributed by atoms with Crippen molar-refractivity contribution in [3.63, 3.8) is 0 Å². The Balaban J connectivity index is 0. The smallest absolute Gasteiger partial charge is 0.123 e. The zero-order chi connectivity index (χ0) is 17.0. The Morgan fingerprint density at radius 1 is 0.913 bits per heavy atom. The van der Waals surface area contributed by atoms with Crippen molar-refractivity contribution < 1.29 is 4.39 Å². The third-order valence-corrected chi connectivity index (χ3v) is 3.15. The van der Waals surface area contributed by atoms with Gasteiger partial charge in [-0.25, -0.2) is 4.39 Å². The number of benzene rings is 2. The zero-order valence-corrected chi connectivity index (χ0v) is 15.8. The lowest BCUT2D eigenvalue weighted by Gasteiger charge is -2.17. The molecule has 1 unspecified atom stereocenters. The maximum Gasteiger partial charge on any atom is 0.123 e. The predicted molar refractivity (Wildman–Crippen MR) is 103 cm³/mol. The Kier molecular flexibility index (Phi) is 14.8. The van der Waals surface area contributed by atoms with Gasteiger partial charge in [-0.1, -0.05) is 69.7 Å². The minimum atomic E-state index is -0.192. The van der Waals surface area contributed by atoms with Crippen LogP contribution >= 0.6 is 12.4 Å². The Hall–Kier alpha value is -1.38. The summed E-state index contributed by atoms with van der Waals surface area (Å²) in [6.07, 6.45) is 0.826. The van der Waals surface area contributed by atoms with Gasteiger partial charge in [0.25, 0.3) is 0 Å². The molecular formula is C20H31ClFN. The third-order valence-electron chi connectivity index (χ3n) is 3.15. The van der Waals surface area contributed by atoms with Crippen LogP contribution in [0.2, 0.25) is 0 Å². The topological polar surface area (TPSA) is 26.0 Å². The van der Waals surface area contributed by atoms with Crippen molar-refractivity contribution in [2.45, 2.75) is 47.0 Å². The molecule has 0 spiro atoms. The van der Waals surface area contributed by atoms with Crippen LogP contribution in [-0.2, 0) is 0 Å². The molecule has 2 rings (SSSR count). The van der Waals surface area contributed by atoms with Crippen molar-refractivity contribution in [3.8, 4) is 0 Å². The van der Waals surface area contributed by atoms with Crippen LogP contribution in [0.1, 0.15) is 56.7 Å². The number of hydrogen-bond donors (Lipinski definition) is 1. The van der Waals surface area contributed by atoms with Gasteiger partial charge < -0.3 is 5.73 Å². The molecule has 0 heterocycles. The van der Waals surface area contributed by atoms with Crippen LogP contribution in [-0.4, -0.2) is 6.54 Å². The monoisotopic (exact) mass is 339 g/mol. The number of aryl methyl sites for hydroxylation is 1. The molecule has 0 bridgehead atoms. The number of nitrogens with two attached hydrogens (primary N) is 1. The van der Waals surface area contributed by atoms with E-state index in [4.69, 9.17) is 5.73 Å². The van der Waals surface area contributed by atoms with Crippen molar-refractivity contribution in [1.82, 2.24) is 0 Å². The lowest BCUT2D eigenvalue weighted by molar-refractivity contribution is 0.620. The minimum absolute atomic E-state index is 0. The van der Waals surface area contributed by atoms with Crippen molar-refractivity contribution in [1.29, 1.82) is 0 Å². The summed E-state index contributed by atoms with van der Waals surface area (Å²) in [4.78, 5) is 0. The van der Waals surface area contributed by atoms with E-state index in [1.807, 2.05) is 39.8 Å². The first kappa shape index (κ1) is 23.9. The quantitative estimate of drug-likeness (QED) is 0.716. The molecule has 0 aliphatic rings. The first-order valence-corrected chi connectivity index (χ1v) is 8.23. The fraction of sp³-hybridized carbons (Fsp3) is 0.400. The second kappa shape index (κ2) is 14.2. The average molecular weight is 340 g/mol. The maximum atomic E-state index is 13.3. The zero-order valence-electron chi connectivity index (χ0n) is 15.0. The predicted octanol–water partition coefficient (Wildman–Crippen LogP) is 6.09. The van der Waals surface area contributed by atoms with E-state index in [9.17, 15) is 4.39 Å². The second-order valence-corrected chi connectivity index (χ2v) is 4.60. The molecule has 2 aromatic carbocycles. The standard InChI is InChI=1S/C16H18FN.2C2H6.ClH/c1-12-4-2-5-13(10-12)16(8-9-18)14-6-3-7-15(17)11-14;2*1-2;/h2-7,10-11,16H,8-9,18H2,1H3;2*1-2H3;1H. The van der Waals surface area contributed by atoms with Gasteiger partial charge >= 0.3 is 0 Å². The highest BCUT2D eigenvalue weighted by Crippen LogP contribution is 2.28. The molecule has 130 valence electrons. The van der Waals surface area contributed by atoms with Crippen molar-refractivity contribution in [2.75, 3.05) is 6.54 Å². The van der Waals surface area contributed by atoms with Crippen LogP contribution in [0.25, 0.3) is 0 Å². The highest BCUT2D eigenvalue weighted by Gasteiger charge is 2.13. The SMILES string of the molecule is CC.CC.Cc1cccc(C(CCN)c2cccc(F)c2)c1.Cl. The fourth-order valence-electron chi connectivity index (χ4n) is 2.30. The third kappa shape index (κ3) is 8.15. The summed E-state index contributed by atoms with van der Waals surface area (Å²) in [6.45, 7) is 10.7. The van der Waals surface area contributed by atoms with Gasteiger partial charge in [-0.3, -0.25) is 0 Å². The summed E-state index contributed by atoms with van der Waals surface area (Å²) < 4.78 is 13.3. The number of hydrogen-bond acceptors (Lipinski definition) is 1. The molecule has 23 heavy (non-hydrogen) atoms. The first-order chi connectivity index (χ1) is 10.7. The van der Waals surface area contributed by atoms with E-state index in [1.165, 1.54) is 17.2 Å². The van der Waals surface area contributed by atoms with E-state index in [0.29, 0.717) is 6.54 Å². The average Bonchev–Trinajstić information content (AvgIpc) is 2.56. The summed E-state index contributed by atoms with van der Waals surface area (Å²) in [5.41, 5.74) is 9.09. The minimum Gasteiger partial charge on any atom is -0.330 e. The van der Waals surface area contributed by atoms with Gasteiger partial charge in [0.2, 0.25) is 0 Å². The molecule has 0 aromatic heterocycles. The molecule has 2 aromatic rings. The second-order valence-electron chi connectivity index (χ2n) is 4.60. The molecule has 0 aliphatic carbocycles. The molecule has 0 radical (unpaired) electrons. The number of halogens is 2. The summed E-state index contributed by atoms with van der Waals surface area (Å²) in [5, 5.41) is 0. The highest BCUT2D eigenvalue weighted by atomic mass is 35.5. The van der Waals surface area contributed by atoms with E-state index in [1.54, 1.807) is 12.1 Å². The van der Waals surface area contributed by atoms with Crippen molar-refractivity contribution in [3.05, 3.63) is 71.0 Å². The summed E-state index contributed by atoms with van der Waals surface area (Å²) in [6, 6.07) is 15.1. The summed E-state index contributed by atoms with van der Waals surface area (Å²) >= 11 is 0. The Morgan fingerprint density at radius 3 is 1.91 bits per heavy atom. The molecule has 0 saturated carbocycles. The number of rotatable bonds is 4. The normalized spacial score (nSPS) is 10.2. The van der Waals surface area contributed by atoms with Gasteiger partial charge in [0.1, 0.15) is 5.82 Å². The van der Waals surface area contributed by atoms with E-state index in [0.717, 1.165) is 12.0 Å². The van der Waals surface area contributed by atoms with Crippen molar-refractivity contribution in [2.24, 2.45) is 5.73 Å². The van der Waals surface area contributed by atoms with E-state index in [-0.39, 0.29) is 24.1 Å². The summed E-state index contributed by atoms with van der Waals surface area (Å²) in [7, 11) is 0. The largest absolute Gasteiger partial charge is 0.330 e. The van der Waals surface area contributed by atoms with Gasteiger partial charge in [0.15, 0.2) is 0 Å². The lowest BCUT2D eigenvalue weighted by atomic mass is 9.88. The van der Waals surface area contributed by atoms with Crippen LogP contribution in [0.4, 0.5) is 4.39 Å². The van der Waals surface area contributed by atoms with E-state index in [2.05, 4.69) is 25.1 Å². The molecule has 0 saturated heterocycles. The van der Waals surface area contributed by atoms with Gasteiger partial charge in [-0.15, -0.1) is 12.4 Å². The molecule has 3 heteroatoms. The van der Waals surface area contributed by atoms with Gasteiger partial charge in [-0.2, -0.15) is 0 Å². The molecule has 1 atom stereocenters. The van der Waals surface area contributed by atoms with Crippen LogP contribution < -0.4 is 5.73 Å². The first-order valence-electron chi connectivity index (χ1n) is 8.23. The molecule has 0 amide bonds. The Labute approximate surface area is 147 Å². The lowest BCUT2D eigenvalue weighted by Crippen LogP contribution is -2.09. The van der Waals surface area contributed by atoms with E-state index >= 15 is 0 Å². The van der Waals surface area contributed by atoms with Crippen LogP contribution in [0.3, 0.4) is 0 Å². The van der Waals surface area contributed by atoms with Crippen LogP contribution in [0.5, 0.6) is 0 Å². The molecule has 2 N–H and O–H groups in total. The maximum absolute atomic E-state index is 13.3. The summed E-state index contributed by atoms with van der Waals surface area (Å²) in [5.74, 6) is -0.0206. The Bertz CT molecular complexity index is 483. The molecule has 0 aliphatic heterocycles.